The Labute approximate surface area is 106 Å². The minimum atomic E-state index is -1.38. The lowest BCUT2D eigenvalue weighted by molar-refractivity contribution is 0.136. The normalized spacial score (nSPS) is 25.8. The summed E-state index contributed by atoms with van der Waals surface area (Å²) < 4.78 is 6.27. The van der Waals surface area contributed by atoms with Crippen LogP contribution in [0.2, 0.25) is 19.6 Å². The zero-order valence-electron chi connectivity index (χ0n) is 11.3. The van der Waals surface area contributed by atoms with Gasteiger partial charge in [0.15, 0.2) is 8.32 Å². The highest BCUT2D eigenvalue weighted by Gasteiger charge is 2.27. The molecule has 1 aliphatic carbocycles. The summed E-state index contributed by atoms with van der Waals surface area (Å²) in [5, 5.41) is 0. The molecule has 0 aliphatic heterocycles. The SMILES string of the molecule is C[Si](C)(C)OC1CCCC(c2ccccc2)C1. The molecule has 0 saturated heterocycles. The van der Waals surface area contributed by atoms with E-state index in [4.69, 9.17) is 4.43 Å². The third-order valence-electron chi connectivity index (χ3n) is 3.42. The third-order valence-corrected chi connectivity index (χ3v) is 4.46. The van der Waals surface area contributed by atoms with E-state index < -0.39 is 8.32 Å². The maximum absolute atomic E-state index is 6.27. The smallest absolute Gasteiger partial charge is 0.184 e. The standard InChI is InChI=1S/C15H24OSi/c1-17(2,3)16-15-11-7-10-14(12-15)13-8-5-4-6-9-13/h4-6,8-9,14-15H,7,10-12H2,1-3H3. The van der Waals surface area contributed by atoms with Gasteiger partial charge in [-0.05, 0) is 50.4 Å². The van der Waals surface area contributed by atoms with E-state index in [2.05, 4.69) is 50.0 Å². The zero-order chi connectivity index (χ0) is 12.3. The lowest BCUT2D eigenvalue weighted by Gasteiger charge is -2.33. The maximum Gasteiger partial charge on any atom is 0.184 e. The second-order valence-corrected chi connectivity index (χ2v) is 10.6. The van der Waals surface area contributed by atoms with E-state index >= 15 is 0 Å². The fourth-order valence-electron chi connectivity index (χ4n) is 2.78. The first-order chi connectivity index (χ1) is 8.04. The van der Waals surface area contributed by atoms with Crippen LogP contribution in [0.4, 0.5) is 0 Å². The van der Waals surface area contributed by atoms with E-state index in [9.17, 15) is 0 Å². The summed E-state index contributed by atoms with van der Waals surface area (Å²) in [5.41, 5.74) is 1.50. The van der Waals surface area contributed by atoms with Crippen LogP contribution in [0.5, 0.6) is 0 Å². The Morgan fingerprint density at radius 2 is 1.76 bits per heavy atom. The predicted molar refractivity (Wildman–Crippen MR) is 75.9 cm³/mol. The lowest BCUT2D eigenvalue weighted by atomic mass is 9.83. The molecular weight excluding hydrogens is 224 g/mol. The molecule has 1 nitrogen and oxygen atoms in total. The summed E-state index contributed by atoms with van der Waals surface area (Å²) in [5.74, 6) is 0.714. The van der Waals surface area contributed by atoms with Crippen LogP contribution in [0.3, 0.4) is 0 Å². The minimum Gasteiger partial charge on any atom is -0.415 e. The van der Waals surface area contributed by atoms with Crippen LogP contribution in [0.25, 0.3) is 0 Å². The molecule has 2 rings (SSSR count). The topological polar surface area (TPSA) is 9.23 Å². The fraction of sp³-hybridized carbons (Fsp3) is 0.600. The quantitative estimate of drug-likeness (QED) is 0.712. The van der Waals surface area contributed by atoms with Crippen LogP contribution >= 0.6 is 0 Å². The molecule has 17 heavy (non-hydrogen) atoms. The first-order valence-electron chi connectivity index (χ1n) is 6.77. The highest BCUT2D eigenvalue weighted by Crippen LogP contribution is 2.35. The Kier molecular flexibility index (Phi) is 4.05. The Balaban J connectivity index is 1.98. The fourth-order valence-corrected chi connectivity index (χ4v) is 3.99. The van der Waals surface area contributed by atoms with E-state index in [1.165, 1.54) is 31.2 Å². The van der Waals surface area contributed by atoms with Gasteiger partial charge in [0.1, 0.15) is 0 Å². The van der Waals surface area contributed by atoms with Gasteiger partial charge in [-0.25, -0.2) is 0 Å². The van der Waals surface area contributed by atoms with Crippen molar-refractivity contribution < 1.29 is 4.43 Å². The third kappa shape index (κ3) is 3.97. The predicted octanol–water partition coefficient (Wildman–Crippen LogP) is 4.56. The van der Waals surface area contributed by atoms with Crippen molar-refractivity contribution in [2.75, 3.05) is 0 Å². The van der Waals surface area contributed by atoms with Crippen molar-refractivity contribution in [3.05, 3.63) is 35.9 Å². The molecule has 0 bridgehead atoms. The van der Waals surface area contributed by atoms with Gasteiger partial charge in [0, 0.05) is 6.10 Å². The highest BCUT2D eigenvalue weighted by atomic mass is 28.4. The molecule has 1 aliphatic rings. The Morgan fingerprint density at radius 1 is 1.06 bits per heavy atom. The van der Waals surface area contributed by atoms with Crippen molar-refractivity contribution in [2.24, 2.45) is 0 Å². The summed E-state index contributed by atoms with van der Waals surface area (Å²) in [4.78, 5) is 0. The second kappa shape index (κ2) is 5.36. The number of hydrogen-bond donors (Lipinski definition) is 0. The molecule has 1 saturated carbocycles. The molecule has 0 aromatic heterocycles. The molecule has 0 amide bonds. The van der Waals surface area contributed by atoms with Crippen LogP contribution in [0.15, 0.2) is 30.3 Å². The largest absolute Gasteiger partial charge is 0.415 e. The number of rotatable bonds is 3. The molecule has 2 atom stereocenters. The second-order valence-electron chi connectivity index (χ2n) is 6.13. The first kappa shape index (κ1) is 12.8. The maximum atomic E-state index is 6.27. The molecule has 0 radical (unpaired) electrons. The minimum absolute atomic E-state index is 0.501. The molecule has 1 fully saturated rings. The Bertz CT molecular complexity index is 342. The molecule has 0 N–H and O–H groups in total. The average Bonchev–Trinajstić information content (AvgIpc) is 2.28. The van der Waals surface area contributed by atoms with Gasteiger partial charge in [-0.15, -0.1) is 0 Å². The van der Waals surface area contributed by atoms with Gasteiger partial charge in [-0.2, -0.15) is 0 Å². The van der Waals surface area contributed by atoms with Crippen molar-refractivity contribution >= 4 is 8.32 Å². The molecule has 0 heterocycles. The first-order valence-corrected chi connectivity index (χ1v) is 10.2. The van der Waals surface area contributed by atoms with Crippen LogP contribution in [0, 0.1) is 0 Å². The molecule has 1 aromatic rings. The van der Waals surface area contributed by atoms with Crippen LogP contribution < -0.4 is 0 Å². The van der Waals surface area contributed by atoms with Gasteiger partial charge in [-0.3, -0.25) is 0 Å². The van der Waals surface area contributed by atoms with E-state index in [0.717, 1.165) is 0 Å². The molecule has 94 valence electrons. The molecule has 2 unspecified atom stereocenters. The van der Waals surface area contributed by atoms with Crippen LogP contribution in [-0.2, 0) is 4.43 Å². The summed E-state index contributed by atoms with van der Waals surface area (Å²) >= 11 is 0. The zero-order valence-corrected chi connectivity index (χ0v) is 12.3. The average molecular weight is 248 g/mol. The van der Waals surface area contributed by atoms with Crippen molar-refractivity contribution in [3.63, 3.8) is 0 Å². The van der Waals surface area contributed by atoms with Gasteiger partial charge in [0.2, 0.25) is 0 Å². The van der Waals surface area contributed by atoms with E-state index in [0.29, 0.717) is 12.0 Å². The van der Waals surface area contributed by atoms with Gasteiger partial charge >= 0.3 is 0 Å². The van der Waals surface area contributed by atoms with E-state index in [-0.39, 0.29) is 0 Å². The van der Waals surface area contributed by atoms with Gasteiger partial charge in [0.05, 0.1) is 0 Å². The van der Waals surface area contributed by atoms with Crippen molar-refractivity contribution in [1.29, 1.82) is 0 Å². The summed E-state index contributed by atoms with van der Waals surface area (Å²) in [6, 6.07) is 10.9. The Morgan fingerprint density at radius 3 is 2.41 bits per heavy atom. The van der Waals surface area contributed by atoms with Gasteiger partial charge in [-0.1, -0.05) is 36.8 Å². The molecule has 0 spiro atoms. The van der Waals surface area contributed by atoms with Crippen molar-refractivity contribution in [2.45, 2.75) is 57.3 Å². The number of benzene rings is 1. The summed E-state index contributed by atoms with van der Waals surface area (Å²) in [6.07, 6.45) is 5.62. The van der Waals surface area contributed by atoms with Crippen LogP contribution in [0.1, 0.15) is 37.2 Å². The van der Waals surface area contributed by atoms with Crippen molar-refractivity contribution in [1.82, 2.24) is 0 Å². The monoisotopic (exact) mass is 248 g/mol. The summed E-state index contributed by atoms with van der Waals surface area (Å²) in [6.45, 7) is 6.87. The van der Waals surface area contributed by atoms with Crippen LogP contribution in [-0.4, -0.2) is 14.4 Å². The summed E-state index contributed by atoms with van der Waals surface area (Å²) in [7, 11) is -1.38. The number of hydrogen-bond acceptors (Lipinski definition) is 1. The van der Waals surface area contributed by atoms with Crippen molar-refractivity contribution in [3.8, 4) is 0 Å². The molecule has 1 aromatic carbocycles. The molecular formula is C15H24OSi. The van der Waals surface area contributed by atoms with Gasteiger partial charge in [0.25, 0.3) is 0 Å². The Hall–Kier alpha value is -0.603. The molecule has 2 heteroatoms. The highest BCUT2D eigenvalue weighted by molar-refractivity contribution is 6.69. The van der Waals surface area contributed by atoms with Gasteiger partial charge < -0.3 is 4.43 Å². The lowest BCUT2D eigenvalue weighted by Crippen LogP contribution is -2.34. The van der Waals surface area contributed by atoms with E-state index in [1.807, 2.05) is 0 Å². The van der Waals surface area contributed by atoms with E-state index in [1.54, 1.807) is 0 Å².